The van der Waals surface area contributed by atoms with E-state index in [0.29, 0.717) is 130 Å². The molecule has 11 N–H and O–H groups in total. The van der Waals surface area contributed by atoms with Crippen LogP contribution in [0.25, 0.3) is 10.4 Å². The maximum absolute atomic E-state index is 13.8. The van der Waals surface area contributed by atoms with Crippen molar-refractivity contribution in [2.24, 2.45) is 26.6 Å². The third-order valence-electron chi connectivity index (χ3n) is 12.7. The molecule has 8 rings (SSSR count). The van der Waals surface area contributed by atoms with Gasteiger partial charge in [-0.1, -0.05) is 51.6 Å². The van der Waals surface area contributed by atoms with Crippen LogP contribution in [-0.4, -0.2) is 204 Å². The average Bonchev–Trinajstić information content (AvgIpc) is 1.87. The predicted octanol–water partition coefficient (Wildman–Crippen LogP) is -1.30. The molecule has 0 spiro atoms. The number of hydrogen-bond donors (Lipinski definition) is 9. The second-order valence-corrected chi connectivity index (χ2v) is 20.0. The monoisotopic (exact) mass is 1370 g/mol. The minimum atomic E-state index is -1.46. The number of ketones is 2. The van der Waals surface area contributed by atoms with Crippen molar-refractivity contribution in [2.75, 3.05) is 112 Å². The van der Waals surface area contributed by atoms with Gasteiger partial charge in [0.15, 0.2) is 17.7 Å². The van der Waals surface area contributed by atoms with E-state index in [-0.39, 0.29) is 77.2 Å². The third kappa shape index (κ3) is 25.7. The number of aliphatic hydroxyl groups is 5. The van der Waals surface area contributed by atoms with E-state index in [1.165, 1.54) is 24.3 Å². The van der Waals surface area contributed by atoms with Crippen LogP contribution in [0.5, 0.6) is 0 Å². The van der Waals surface area contributed by atoms with E-state index in [9.17, 15) is 38.5 Å². The van der Waals surface area contributed by atoms with Gasteiger partial charge in [-0.25, -0.2) is 18.3 Å². The van der Waals surface area contributed by atoms with Gasteiger partial charge in [0.25, 0.3) is 0 Å². The van der Waals surface area contributed by atoms with Crippen molar-refractivity contribution in [1.29, 1.82) is 0 Å². The van der Waals surface area contributed by atoms with E-state index in [4.69, 9.17) is 95.4 Å². The molecule has 2 unspecified atom stereocenters. The van der Waals surface area contributed by atoms with E-state index >= 15 is 0 Å². The first-order valence-corrected chi connectivity index (χ1v) is 29.2. The maximum Gasteiger partial charge on any atom is 1.00 e. The molecular formula is C60H69Cl2F2N14NaO16. The fourth-order valence-electron chi connectivity index (χ4n) is 8.37. The first-order valence-electron chi connectivity index (χ1n) is 28.5. The van der Waals surface area contributed by atoms with E-state index in [2.05, 4.69) is 56.6 Å². The first-order chi connectivity index (χ1) is 45.5. The second-order valence-electron chi connectivity index (χ2n) is 19.2. The van der Waals surface area contributed by atoms with Crippen LogP contribution in [-0.2, 0) is 60.7 Å². The molecular weight excluding hydrogens is 1300 g/mol. The molecule has 6 heterocycles. The van der Waals surface area contributed by atoms with Crippen molar-refractivity contribution >= 4 is 52.4 Å². The number of hydrogen-bond acceptors (Lipinski definition) is 27. The quantitative estimate of drug-likeness (QED) is 0.00448. The predicted molar refractivity (Wildman–Crippen MR) is 332 cm³/mol. The number of carbonyl (C=O) groups excluding carboxylic acids is 3. The Hall–Kier alpha value is -7.72. The number of esters is 1. The van der Waals surface area contributed by atoms with Crippen molar-refractivity contribution in [2.45, 2.75) is 37.4 Å². The topological polar surface area (TPSA) is 446 Å². The largest absolute Gasteiger partial charge is 1.00 e. The summed E-state index contributed by atoms with van der Waals surface area (Å²) >= 11 is 12.6. The zero-order valence-corrected chi connectivity index (χ0v) is 54.9. The molecule has 95 heavy (non-hydrogen) atoms. The summed E-state index contributed by atoms with van der Waals surface area (Å²) < 4.78 is 65.5. The van der Waals surface area contributed by atoms with Gasteiger partial charge in [0.2, 0.25) is 0 Å². The molecule has 30 nitrogen and oxygen atoms in total. The Balaban J connectivity index is 0.000000306. The van der Waals surface area contributed by atoms with Gasteiger partial charge in [0.1, 0.15) is 72.8 Å². The van der Waals surface area contributed by atoms with Crippen molar-refractivity contribution in [3.63, 3.8) is 0 Å². The number of aliphatic imine (C=N–C) groups is 2. The molecule has 35 heteroatoms. The molecule has 0 fully saturated rings. The number of aliphatic hydroxyl groups excluding tert-OH is 5. The molecule has 0 radical (unpaired) electrons. The number of nitrogens with two attached hydrogens (primary N) is 2. The molecule has 0 bridgehead atoms. The fraction of sp³-hybridized carbons (Fsp3) is 0.383. The Bertz CT molecular complexity index is 3530. The first kappa shape index (κ1) is 79.7. The van der Waals surface area contributed by atoms with E-state index in [0.717, 1.165) is 12.1 Å². The number of halogens is 4. The molecule has 504 valence electrons. The van der Waals surface area contributed by atoms with Gasteiger partial charge in [-0.3, -0.25) is 29.5 Å². The number of nitrogens with zero attached hydrogens (tertiary/aromatic N) is 10. The zero-order chi connectivity index (χ0) is 68.2. The van der Waals surface area contributed by atoms with E-state index < -0.39 is 84.8 Å². The third-order valence-corrected chi connectivity index (χ3v) is 13.3. The molecule has 0 amide bonds. The number of benzene rings is 2. The molecule has 3 aromatic heterocycles. The Kier molecular flexibility index (Phi) is 37.0. The minimum Gasteiger partial charge on any atom is -0.865 e. The number of rotatable bonds is 33. The number of carbonyl (C=O) groups is 3. The number of cyclic esters (lactones) is 1. The minimum absolute atomic E-state index is 0. The number of pyridine rings is 2. The van der Waals surface area contributed by atoms with Crippen molar-refractivity contribution in [1.82, 2.24) is 35.6 Å². The van der Waals surface area contributed by atoms with Gasteiger partial charge in [-0.2, -0.15) is 0 Å². The van der Waals surface area contributed by atoms with Crippen LogP contribution in [0.1, 0.15) is 40.0 Å². The molecule has 3 aliphatic heterocycles. The summed E-state index contributed by atoms with van der Waals surface area (Å²) in [6, 6.07) is 12.9. The summed E-state index contributed by atoms with van der Waals surface area (Å²) in [7, 11) is 0. The SMILES string of the molecule is C#CCOCC1=C(C(=O)CO)C(c2ccc(F)cc2Cl)N=C(c2ccncc2)N1.NCCOCCOCCn1cc(COCC2=C(C(=O)CO)C(c3ccc(F)cc3Cl)N=C(c3ccncc3)N2)nn1.O=C1O[C@H]([C@@H](O)CO)C(O)=C1[O-].[N-]=[N+]=NCCOCCOCCN.[Na+]. The van der Waals surface area contributed by atoms with Crippen molar-refractivity contribution < 1.29 is 117 Å². The Morgan fingerprint density at radius 2 is 1.24 bits per heavy atom. The van der Waals surface area contributed by atoms with Crippen LogP contribution in [0, 0.1) is 24.0 Å². The number of ether oxygens (including phenoxy) is 7. The Labute approximate surface area is 575 Å². The summed E-state index contributed by atoms with van der Waals surface area (Å²) in [6.45, 7) is 3.66. The van der Waals surface area contributed by atoms with Gasteiger partial charge in [0, 0.05) is 98.5 Å². The van der Waals surface area contributed by atoms with Crippen LogP contribution in [0.4, 0.5) is 8.78 Å². The zero-order valence-electron chi connectivity index (χ0n) is 51.3. The summed E-state index contributed by atoms with van der Waals surface area (Å²) in [5.74, 6) is -2.17. The molecule has 0 aliphatic carbocycles. The molecule has 3 aliphatic rings. The number of amidine groups is 2. The molecule has 4 atom stereocenters. The maximum atomic E-state index is 13.8. The van der Waals surface area contributed by atoms with Crippen LogP contribution < -0.4 is 56.8 Å². The number of aromatic nitrogens is 5. The number of terminal acetylenes is 1. The van der Waals surface area contributed by atoms with Crippen molar-refractivity contribution in [3.8, 4) is 12.3 Å². The normalized spacial score (nSPS) is 15.9. The van der Waals surface area contributed by atoms with Gasteiger partial charge in [-0.05, 0) is 54.1 Å². The van der Waals surface area contributed by atoms with Gasteiger partial charge in [0.05, 0.1) is 103 Å². The van der Waals surface area contributed by atoms with Crippen LogP contribution >= 0.6 is 23.2 Å². The average molecular weight is 1370 g/mol. The number of nitrogens with one attached hydrogen (secondary N) is 2. The van der Waals surface area contributed by atoms with Crippen LogP contribution in [0.2, 0.25) is 10.0 Å². The molecule has 0 saturated heterocycles. The molecule has 0 saturated carbocycles. The van der Waals surface area contributed by atoms with Gasteiger partial charge >= 0.3 is 35.5 Å². The smallest absolute Gasteiger partial charge is 0.865 e. The van der Waals surface area contributed by atoms with Gasteiger partial charge in [-0.15, -0.1) is 11.5 Å². The molecule has 5 aromatic rings. The molecule has 2 aromatic carbocycles. The summed E-state index contributed by atoms with van der Waals surface area (Å²) in [5, 5.41) is 74.0. The number of azide groups is 1. The standard InChI is InChI=1S/C27H31ClFN7O5.C21H17ClFN3O3.C6H14N4O2.C6H8O6.Na/c28-22-13-19(29)1-2-21(22)26-25(24(38)15-37)23(32-27(33-26)18-3-6-31-7-4-18)17-41-16-20-14-36(35-34-20)8-10-40-12-11-39-9-5-30;1-2-9-29-12-17-19(18(28)11-27)20(15-4-3-14(23)10-16(15)22)26-21(25-17)13-5-7-24-8-6-13;7-1-3-11-5-6-12-4-2-9-10-8;7-1-2(8)5-3(9)4(10)6(11)12-5;/h1-4,6-7,13-14,26,37H,5,8-12,15-17,30H2,(H,32,33);1,3-8,10,20,27H,9,11-12H2,(H,25,26);1-7H2;2,5,7-10H,1H2;/q;;;;+1/p-1/t;;;2-,5+;/m...0./s1. The van der Waals surface area contributed by atoms with Crippen LogP contribution in [0.15, 0.2) is 141 Å². The van der Waals surface area contributed by atoms with E-state index in [1.807, 2.05) is 0 Å². The van der Waals surface area contributed by atoms with Gasteiger partial charge < -0.3 is 85.9 Å². The summed E-state index contributed by atoms with van der Waals surface area (Å²) in [5.41, 5.74) is 22.4. The Morgan fingerprint density at radius 3 is 1.67 bits per heavy atom. The van der Waals surface area contributed by atoms with E-state index in [1.54, 1.807) is 59.9 Å². The number of Topliss-reactive ketones (excluding diaryl/α,β-unsaturated/α-hetero) is 2. The van der Waals surface area contributed by atoms with Crippen LogP contribution in [0.3, 0.4) is 0 Å². The summed E-state index contributed by atoms with van der Waals surface area (Å²) in [6.07, 6.45) is 10.5. The fourth-order valence-corrected chi connectivity index (χ4v) is 8.91. The van der Waals surface area contributed by atoms with Crippen molar-refractivity contribution in [3.05, 3.63) is 186 Å². The second kappa shape index (κ2) is 44.1. The summed E-state index contributed by atoms with van der Waals surface area (Å²) in [4.78, 5) is 56.0. The Morgan fingerprint density at radius 1 is 0.758 bits per heavy atom.